The molecule has 178 valence electrons. The summed E-state index contributed by atoms with van der Waals surface area (Å²) >= 11 is 6.03. The molecule has 0 saturated heterocycles. The summed E-state index contributed by atoms with van der Waals surface area (Å²) in [7, 11) is 1.54. The Hall–Kier alpha value is -3.39. The number of benzene rings is 2. The van der Waals surface area contributed by atoms with E-state index in [4.69, 9.17) is 21.1 Å². The van der Waals surface area contributed by atoms with Crippen LogP contribution in [0.5, 0.6) is 11.5 Å². The minimum Gasteiger partial charge on any atom is -0.493 e. The summed E-state index contributed by atoms with van der Waals surface area (Å²) in [5, 5.41) is 11.9. The monoisotopic (exact) mass is 482 g/mol. The summed E-state index contributed by atoms with van der Waals surface area (Å²) < 4.78 is 11.3. The van der Waals surface area contributed by atoms with E-state index < -0.39 is 0 Å². The topological polar surface area (TPSA) is 106 Å². The van der Waals surface area contributed by atoms with Crippen LogP contribution >= 0.6 is 11.6 Å². The van der Waals surface area contributed by atoms with E-state index in [2.05, 4.69) is 20.5 Å². The van der Waals surface area contributed by atoms with E-state index in [-0.39, 0.29) is 36.0 Å². The van der Waals surface area contributed by atoms with E-state index in [1.165, 1.54) is 0 Å². The average Bonchev–Trinajstić information content (AvgIpc) is 3.35. The molecule has 1 aliphatic rings. The van der Waals surface area contributed by atoms with E-state index in [1.54, 1.807) is 31.4 Å². The Labute approximate surface area is 202 Å². The minimum absolute atomic E-state index is 0.0599. The number of H-pyrrole nitrogens is 1. The van der Waals surface area contributed by atoms with Crippen LogP contribution in [-0.2, 0) is 17.8 Å². The zero-order valence-electron chi connectivity index (χ0n) is 19.0. The van der Waals surface area contributed by atoms with Gasteiger partial charge in [-0.15, -0.1) is 10.2 Å². The molecule has 1 aromatic heterocycles. The Kier molecular flexibility index (Phi) is 7.80. The molecular formula is C25H27ClN4O4. The second kappa shape index (κ2) is 11.2. The van der Waals surface area contributed by atoms with Crippen molar-refractivity contribution in [3.05, 3.63) is 69.1 Å². The number of rotatable bonds is 9. The maximum absolute atomic E-state index is 12.5. The van der Waals surface area contributed by atoms with Gasteiger partial charge in [0, 0.05) is 29.5 Å². The van der Waals surface area contributed by atoms with Crippen LogP contribution in [0.3, 0.4) is 0 Å². The first-order valence-electron chi connectivity index (χ1n) is 11.3. The fraction of sp³-hybridized carbons (Fsp3) is 0.360. The number of hydrogen-bond acceptors (Lipinski definition) is 6. The van der Waals surface area contributed by atoms with Crippen LogP contribution < -0.4 is 20.3 Å². The van der Waals surface area contributed by atoms with Crippen molar-refractivity contribution < 1.29 is 14.3 Å². The van der Waals surface area contributed by atoms with E-state index in [0.717, 1.165) is 31.2 Å². The number of carbonyl (C=O) groups excluding carboxylic acids is 1. The van der Waals surface area contributed by atoms with E-state index in [9.17, 15) is 9.59 Å². The van der Waals surface area contributed by atoms with Gasteiger partial charge in [0.05, 0.1) is 7.11 Å². The Bertz CT molecular complexity index is 1210. The highest BCUT2D eigenvalue weighted by molar-refractivity contribution is 6.30. The highest BCUT2D eigenvalue weighted by Crippen LogP contribution is 2.31. The average molecular weight is 483 g/mol. The molecule has 34 heavy (non-hydrogen) atoms. The molecule has 2 N–H and O–H groups in total. The molecule has 1 saturated carbocycles. The van der Waals surface area contributed by atoms with E-state index in [1.807, 2.05) is 18.2 Å². The Morgan fingerprint density at radius 2 is 1.97 bits per heavy atom. The smallest absolute Gasteiger partial charge is 0.273 e. The van der Waals surface area contributed by atoms with Crippen molar-refractivity contribution in [2.75, 3.05) is 7.11 Å². The molecule has 1 fully saturated rings. The molecule has 0 spiro atoms. The summed E-state index contributed by atoms with van der Waals surface area (Å²) in [4.78, 5) is 27.4. The maximum atomic E-state index is 12.5. The number of amides is 1. The van der Waals surface area contributed by atoms with Crippen LogP contribution in [-0.4, -0.2) is 34.2 Å². The maximum Gasteiger partial charge on any atom is 0.273 e. The highest BCUT2D eigenvalue weighted by atomic mass is 35.5. The summed E-state index contributed by atoms with van der Waals surface area (Å²) in [5.41, 5.74) is 1.43. The normalized spacial score (nSPS) is 13.6. The van der Waals surface area contributed by atoms with Gasteiger partial charge < -0.3 is 19.8 Å². The lowest BCUT2D eigenvalue weighted by atomic mass is 10.1. The van der Waals surface area contributed by atoms with Crippen LogP contribution in [0.1, 0.15) is 43.4 Å². The summed E-state index contributed by atoms with van der Waals surface area (Å²) in [5.74, 6) is 1.29. The molecule has 0 aliphatic heterocycles. The molecule has 0 radical (unpaired) electrons. The molecule has 1 aliphatic carbocycles. The van der Waals surface area contributed by atoms with Crippen molar-refractivity contribution in [1.82, 2.24) is 20.5 Å². The first kappa shape index (κ1) is 23.8. The Morgan fingerprint density at radius 1 is 1.15 bits per heavy atom. The van der Waals surface area contributed by atoms with Crippen molar-refractivity contribution in [2.45, 2.75) is 51.2 Å². The largest absolute Gasteiger partial charge is 0.493 e. The van der Waals surface area contributed by atoms with Gasteiger partial charge in [0.1, 0.15) is 12.3 Å². The van der Waals surface area contributed by atoms with Crippen molar-refractivity contribution in [3.8, 4) is 22.9 Å². The Morgan fingerprint density at radius 3 is 2.71 bits per heavy atom. The van der Waals surface area contributed by atoms with Gasteiger partial charge in [0.25, 0.3) is 5.56 Å². The third kappa shape index (κ3) is 6.14. The molecule has 8 nitrogen and oxygen atoms in total. The highest BCUT2D eigenvalue weighted by Gasteiger charge is 2.18. The lowest BCUT2D eigenvalue weighted by molar-refractivity contribution is -0.121. The number of ether oxygens (including phenoxy) is 2. The number of aromatic nitrogens is 3. The third-order valence-corrected chi connectivity index (χ3v) is 6.03. The van der Waals surface area contributed by atoms with Gasteiger partial charge in [-0.2, -0.15) is 0 Å². The van der Waals surface area contributed by atoms with Crippen LogP contribution in [0, 0.1) is 0 Å². The van der Waals surface area contributed by atoms with Gasteiger partial charge in [-0.1, -0.05) is 36.6 Å². The molecule has 0 bridgehead atoms. The number of carbonyl (C=O) groups is 1. The molecule has 9 heteroatoms. The lowest BCUT2D eigenvalue weighted by Crippen LogP contribution is -2.33. The van der Waals surface area contributed by atoms with Gasteiger partial charge >= 0.3 is 0 Å². The molecule has 0 unspecified atom stereocenters. The number of aryl methyl sites for hydroxylation is 1. The molecule has 0 atom stereocenters. The van der Waals surface area contributed by atoms with Crippen molar-refractivity contribution in [3.63, 3.8) is 0 Å². The first-order chi connectivity index (χ1) is 16.5. The number of methoxy groups -OCH3 is 1. The van der Waals surface area contributed by atoms with Gasteiger partial charge in [-0.25, -0.2) is 0 Å². The van der Waals surface area contributed by atoms with Crippen molar-refractivity contribution >= 4 is 17.5 Å². The fourth-order valence-electron chi connectivity index (χ4n) is 3.98. The van der Waals surface area contributed by atoms with E-state index >= 15 is 0 Å². The molecule has 2 aromatic carbocycles. The SMILES string of the molecule is COc1cc(-c2nnc(CCC(=O)NC3CCCC3)c(=O)[nH]2)ccc1OCc1cccc(Cl)c1. The molecule has 4 rings (SSSR count). The first-order valence-corrected chi connectivity index (χ1v) is 11.7. The lowest BCUT2D eigenvalue weighted by Gasteiger charge is -2.12. The zero-order chi connectivity index (χ0) is 23.9. The third-order valence-electron chi connectivity index (χ3n) is 5.79. The number of halogens is 1. The predicted molar refractivity (Wildman–Crippen MR) is 129 cm³/mol. The Balaban J connectivity index is 1.40. The molecule has 1 heterocycles. The van der Waals surface area contributed by atoms with Gasteiger partial charge in [0.2, 0.25) is 5.91 Å². The van der Waals surface area contributed by atoms with Gasteiger partial charge in [-0.05, 0) is 48.7 Å². The number of aromatic amines is 1. The molecular weight excluding hydrogens is 456 g/mol. The van der Waals surface area contributed by atoms with Crippen molar-refractivity contribution in [2.24, 2.45) is 0 Å². The second-order valence-electron chi connectivity index (χ2n) is 8.28. The number of nitrogens with zero attached hydrogens (tertiary/aromatic N) is 2. The van der Waals surface area contributed by atoms with Gasteiger partial charge in [-0.3, -0.25) is 9.59 Å². The van der Waals surface area contributed by atoms with Crippen LogP contribution in [0.2, 0.25) is 5.02 Å². The summed E-state index contributed by atoms with van der Waals surface area (Å²) in [6.45, 7) is 0.329. The fourth-order valence-corrected chi connectivity index (χ4v) is 4.19. The van der Waals surface area contributed by atoms with Gasteiger partial charge in [0.15, 0.2) is 17.3 Å². The summed E-state index contributed by atoms with van der Waals surface area (Å²) in [6, 6.07) is 12.9. The van der Waals surface area contributed by atoms with Crippen LogP contribution in [0.25, 0.3) is 11.4 Å². The molecule has 3 aromatic rings. The molecule has 1 amide bonds. The summed E-state index contributed by atoms with van der Waals surface area (Å²) in [6.07, 6.45) is 4.79. The quantitative estimate of drug-likeness (QED) is 0.476. The minimum atomic E-state index is -0.362. The zero-order valence-corrected chi connectivity index (χ0v) is 19.7. The van der Waals surface area contributed by atoms with Crippen molar-refractivity contribution in [1.29, 1.82) is 0 Å². The standard InChI is InChI=1S/C25H27ClN4O4/c1-33-22-14-17(9-11-21(22)34-15-16-5-4-6-18(26)13-16)24-28-25(32)20(29-30-24)10-12-23(31)27-19-7-2-3-8-19/h4-6,9,11,13-14,19H,2-3,7-8,10,12,15H2,1H3,(H,27,31)(H,28,30,32). The number of nitrogens with one attached hydrogen (secondary N) is 2. The second-order valence-corrected chi connectivity index (χ2v) is 8.72. The number of hydrogen-bond donors (Lipinski definition) is 2. The van der Waals surface area contributed by atoms with E-state index in [0.29, 0.717) is 34.5 Å². The van der Waals surface area contributed by atoms with Crippen LogP contribution in [0.15, 0.2) is 47.3 Å². The predicted octanol–water partition coefficient (Wildman–Crippen LogP) is 4.06. The van der Waals surface area contributed by atoms with Crippen LogP contribution in [0.4, 0.5) is 0 Å².